The first-order valence-electron chi connectivity index (χ1n) is 14.8. The van der Waals surface area contributed by atoms with Gasteiger partial charge in [0.1, 0.15) is 11.6 Å². The normalized spacial score (nSPS) is 15.9. The van der Waals surface area contributed by atoms with Crippen LogP contribution in [0.1, 0.15) is 82.5 Å². The summed E-state index contributed by atoms with van der Waals surface area (Å²) >= 11 is 0. The van der Waals surface area contributed by atoms with Gasteiger partial charge < -0.3 is 19.5 Å². The first kappa shape index (κ1) is 31.4. The van der Waals surface area contributed by atoms with Crippen LogP contribution >= 0.6 is 0 Å². The van der Waals surface area contributed by atoms with Crippen molar-refractivity contribution < 1.29 is 23.8 Å². The summed E-state index contributed by atoms with van der Waals surface area (Å²) < 4.78 is 25.5. The molecule has 0 aliphatic carbocycles. The fourth-order valence-corrected chi connectivity index (χ4v) is 5.20. The van der Waals surface area contributed by atoms with E-state index in [1.54, 1.807) is 18.3 Å². The molecule has 0 amide bonds. The molecule has 1 saturated heterocycles. The SMILES string of the molecule is CCC(C)(C)O[C@H](C(=O)O)c1c(C)ncc(-c2ccc(OCCc3ccc(F)cc3)c(C)n2)c1N1CCC(C)(C)CC1. The Bertz CT molecular complexity index is 1390. The molecule has 2 aromatic heterocycles. The highest BCUT2D eigenvalue weighted by Crippen LogP contribution is 2.43. The van der Waals surface area contributed by atoms with E-state index in [0.29, 0.717) is 42.1 Å². The zero-order valence-corrected chi connectivity index (χ0v) is 26.0. The van der Waals surface area contributed by atoms with Gasteiger partial charge in [-0.2, -0.15) is 0 Å². The Kier molecular flexibility index (Phi) is 9.56. The summed E-state index contributed by atoms with van der Waals surface area (Å²) in [5.74, 6) is -0.628. The molecular formula is C34H44FN3O4. The number of aliphatic carboxylic acids is 1. The molecule has 0 bridgehead atoms. The molecular weight excluding hydrogens is 533 g/mol. The van der Waals surface area contributed by atoms with Crippen molar-refractivity contribution in [1.29, 1.82) is 0 Å². The van der Waals surface area contributed by atoms with Gasteiger partial charge in [-0.15, -0.1) is 0 Å². The number of ether oxygens (including phenoxy) is 2. The smallest absolute Gasteiger partial charge is 0.337 e. The highest BCUT2D eigenvalue weighted by atomic mass is 19.1. The molecule has 1 N–H and O–H groups in total. The van der Waals surface area contributed by atoms with Crippen LogP contribution < -0.4 is 9.64 Å². The van der Waals surface area contributed by atoms with Crippen LogP contribution in [0, 0.1) is 25.1 Å². The number of hydrogen-bond acceptors (Lipinski definition) is 6. The van der Waals surface area contributed by atoms with Crippen molar-refractivity contribution in [3.05, 3.63) is 70.9 Å². The average molecular weight is 578 g/mol. The lowest BCUT2D eigenvalue weighted by Crippen LogP contribution is -2.39. The number of carboxylic acid groups (broad SMARTS) is 1. The van der Waals surface area contributed by atoms with E-state index in [2.05, 4.69) is 23.7 Å². The van der Waals surface area contributed by atoms with Crippen molar-refractivity contribution in [1.82, 2.24) is 9.97 Å². The summed E-state index contributed by atoms with van der Waals surface area (Å²) in [7, 11) is 0. The van der Waals surface area contributed by atoms with Crippen LogP contribution in [0.25, 0.3) is 11.3 Å². The van der Waals surface area contributed by atoms with Crippen LogP contribution in [0.2, 0.25) is 0 Å². The minimum atomic E-state index is -1.17. The first-order chi connectivity index (χ1) is 19.8. The standard InChI is InChI=1S/C34H44FN3O4/c1-8-34(6,7)42-31(32(39)40)29-23(3)36-21-26(30(29)38-18-16-33(4,5)17-19-38)27-13-14-28(22(2)37-27)41-20-15-24-9-11-25(35)12-10-24/h9-14,21,31H,8,15-20H2,1-7H3,(H,39,40)/t31-/m0/s1. The number of piperidine rings is 1. The van der Waals surface area contributed by atoms with Gasteiger partial charge in [-0.05, 0) is 82.2 Å². The second-order valence-electron chi connectivity index (χ2n) is 12.6. The lowest BCUT2D eigenvalue weighted by Gasteiger charge is -2.41. The number of carboxylic acids is 1. The van der Waals surface area contributed by atoms with E-state index in [0.717, 1.165) is 48.4 Å². The Labute approximate surface area is 249 Å². The number of halogens is 1. The van der Waals surface area contributed by atoms with E-state index in [1.807, 2.05) is 46.8 Å². The number of hydrogen-bond donors (Lipinski definition) is 1. The molecule has 1 atom stereocenters. The van der Waals surface area contributed by atoms with Crippen LogP contribution in [-0.4, -0.2) is 46.3 Å². The molecule has 0 saturated carbocycles. The zero-order valence-electron chi connectivity index (χ0n) is 26.0. The molecule has 8 heteroatoms. The molecule has 3 aromatic rings. The molecule has 7 nitrogen and oxygen atoms in total. The number of carbonyl (C=O) groups is 1. The monoisotopic (exact) mass is 577 g/mol. The quantitative estimate of drug-likeness (QED) is 0.253. The number of anilines is 1. The van der Waals surface area contributed by atoms with Gasteiger partial charge in [0.2, 0.25) is 0 Å². The Balaban J connectivity index is 1.72. The van der Waals surface area contributed by atoms with E-state index in [9.17, 15) is 14.3 Å². The number of rotatable bonds is 11. The Hall–Kier alpha value is -3.52. The minimum Gasteiger partial charge on any atom is -0.491 e. The highest BCUT2D eigenvalue weighted by molar-refractivity contribution is 5.85. The Morgan fingerprint density at radius 1 is 1.10 bits per heavy atom. The second kappa shape index (κ2) is 12.8. The van der Waals surface area contributed by atoms with Crippen molar-refractivity contribution >= 4 is 11.7 Å². The lowest BCUT2D eigenvalue weighted by atomic mass is 9.82. The van der Waals surface area contributed by atoms with Crippen LogP contribution in [0.5, 0.6) is 5.75 Å². The lowest BCUT2D eigenvalue weighted by molar-refractivity contribution is -0.162. The van der Waals surface area contributed by atoms with Gasteiger partial charge in [0.25, 0.3) is 0 Å². The Morgan fingerprint density at radius 3 is 2.36 bits per heavy atom. The van der Waals surface area contributed by atoms with Crippen molar-refractivity contribution in [3.8, 4) is 17.0 Å². The molecule has 0 spiro atoms. The molecule has 1 aromatic carbocycles. The summed E-state index contributed by atoms with van der Waals surface area (Å²) in [6.45, 7) is 16.1. The van der Waals surface area contributed by atoms with E-state index in [1.165, 1.54) is 12.1 Å². The maximum Gasteiger partial charge on any atom is 0.337 e. The summed E-state index contributed by atoms with van der Waals surface area (Å²) in [6, 6.07) is 10.2. The number of aromatic nitrogens is 2. The fourth-order valence-electron chi connectivity index (χ4n) is 5.20. The van der Waals surface area contributed by atoms with Crippen LogP contribution in [0.3, 0.4) is 0 Å². The van der Waals surface area contributed by atoms with Gasteiger partial charge in [-0.1, -0.05) is 32.9 Å². The molecule has 0 radical (unpaired) electrons. The van der Waals surface area contributed by atoms with Gasteiger partial charge in [0.05, 0.1) is 29.3 Å². The number of pyridine rings is 2. The minimum absolute atomic E-state index is 0.216. The van der Waals surface area contributed by atoms with E-state index >= 15 is 0 Å². The third kappa shape index (κ3) is 7.46. The average Bonchev–Trinajstić information content (AvgIpc) is 2.94. The van der Waals surface area contributed by atoms with Crippen LogP contribution in [0.15, 0.2) is 42.6 Å². The number of aryl methyl sites for hydroxylation is 2. The number of nitrogens with zero attached hydrogens (tertiary/aromatic N) is 3. The van der Waals surface area contributed by atoms with Gasteiger partial charge in [0, 0.05) is 42.5 Å². The second-order valence-corrected chi connectivity index (χ2v) is 12.6. The predicted molar refractivity (Wildman–Crippen MR) is 164 cm³/mol. The fraction of sp³-hybridized carbons (Fsp3) is 0.500. The molecule has 1 aliphatic rings. The van der Waals surface area contributed by atoms with Crippen molar-refractivity contribution in [2.24, 2.45) is 5.41 Å². The van der Waals surface area contributed by atoms with E-state index < -0.39 is 17.7 Å². The molecule has 1 fully saturated rings. The third-order valence-corrected chi connectivity index (χ3v) is 8.37. The topological polar surface area (TPSA) is 84.8 Å². The summed E-state index contributed by atoms with van der Waals surface area (Å²) in [5.41, 5.74) is 4.82. The molecule has 0 unspecified atom stereocenters. The van der Waals surface area contributed by atoms with Crippen LogP contribution in [-0.2, 0) is 16.0 Å². The van der Waals surface area contributed by atoms with Gasteiger partial charge in [-0.25, -0.2) is 14.2 Å². The predicted octanol–water partition coefficient (Wildman–Crippen LogP) is 7.48. The third-order valence-electron chi connectivity index (χ3n) is 8.37. The maximum absolute atomic E-state index is 13.2. The first-order valence-corrected chi connectivity index (χ1v) is 14.8. The van der Waals surface area contributed by atoms with Gasteiger partial charge in [0.15, 0.2) is 6.10 Å². The molecule has 4 rings (SSSR count). The molecule has 42 heavy (non-hydrogen) atoms. The van der Waals surface area contributed by atoms with Crippen molar-refractivity contribution in [2.75, 3.05) is 24.6 Å². The Morgan fingerprint density at radius 2 is 1.76 bits per heavy atom. The molecule has 1 aliphatic heterocycles. The van der Waals surface area contributed by atoms with Crippen molar-refractivity contribution in [3.63, 3.8) is 0 Å². The van der Waals surface area contributed by atoms with Crippen LogP contribution in [0.4, 0.5) is 10.1 Å². The van der Waals surface area contributed by atoms with E-state index in [-0.39, 0.29) is 11.2 Å². The van der Waals surface area contributed by atoms with Gasteiger partial charge in [-0.3, -0.25) is 4.98 Å². The molecule has 226 valence electrons. The van der Waals surface area contributed by atoms with Gasteiger partial charge >= 0.3 is 5.97 Å². The zero-order chi connectivity index (χ0) is 30.7. The summed E-state index contributed by atoms with van der Waals surface area (Å²) in [5, 5.41) is 10.4. The summed E-state index contributed by atoms with van der Waals surface area (Å²) in [4.78, 5) is 24.6. The summed E-state index contributed by atoms with van der Waals surface area (Å²) in [6.07, 6.45) is 3.91. The molecule has 3 heterocycles. The van der Waals surface area contributed by atoms with Crippen molar-refractivity contribution in [2.45, 2.75) is 85.9 Å². The van der Waals surface area contributed by atoms with E-state index in [4.69, 9.17) is 14.5 Å². The maximum atomic E-state index is 13.2. The highest BCUT2D eigenvalue weighted by Gasteiger charge is 2.36. The number of benzene rings is 1. The largest absolute Gasteiger partial charge is 0.491 e.